The molecule has 0 aliphatic carbocycles. The molecule has 1 N–H and O–H groups in total. The minimum absolute atomic E-state index is 0.213. The Balaban J connectivity index is 1.84. The summed E-state index contributed by atoms with van der Waals surface area (Å²) < 4.78 is 37.7. The molecule has 1 nitrogen and oxygen atoms in total. The van der Waals surface area contributed by atoms with Crippen molar-refractivity contribution in [2.75, 3.05) is 11.5 Å². The maximum absolute atomic E-state index is 12.6. The lowest BCUT2D eigenvalue weighted by Crippen LogP contribution is -2.04. The summed E-state index contributed by atoms with van der Waals surface area (Å²) in [7, 11) is 0. The molecule has 0 amide bonds. The Morgan fingerprint density at radius 3 is 2.00 bits per heavy atom. The average Bonchev–Trinajstić information content (AvgIpc) is 2.43. The van der Waals surface area contributed by atoms with Crippen LogP contribution in [0.5, 0.6) is 5.75 Å². The van der Waals surface area contributed by atoms with Gasteiger partial charge in [-0.3, -0.25) is 0 Å². The van der Waals surface area contributed by atoms with Crippen LogP contribution in [0.2, 0.25) is 0 Å². The Labute approximate surface area is 129 Å². The number of aromatic hydroxyl groups is 1. The SMILES string of the molecule is Oc1cccc(SCCSc2cccc(C(F)(F)F)c2)c1. The smallest absolute Gasteiger partial charge is 0.416 e. The summed E-state index contributed by atoms with van der Waals surface area (Å²) in [6.45, 7) is 0. The summed E-state index contributed by atoms with van der Waals surface area (Å²) in [6, 6.07) is 12.3. The molecule has 0 bridgehead atoms. The lowest BCUT2D eigenvalue weighted by atomic mass is 10.2. The second kappa shape index (κ2) is 7.13. The molecule has 0 radical (unpaired) electrons. The number of hydrogen-bond acceptors (Lipinski definition) is 3. The standard InChI is InChI=1S/C15H13F3OS2/c16-15(17,18)11-3-1-5-13(9-11)20-7-8-21-14-6-2-4-12(19)10-14/h1-6,9-10,19H,7-8H2. The number of hydrogen-bond donors (Lipinski definition) is 1. The van der Waals surface area contributed by atoms with E-state index in [-0.39, 0.29) is 5.75 Å². The van der Waals surface area contributed by atoms with E-state index in [0.717, 1.165) is 16.7 Å². The minimum Gasteiger partial charge on any atom is -0.508 e. The van der Waals surface area contributed by atoms with Crippen molar-refractivity contribution in [3.05, 3.63) is 54.1 Å². The van der Waals surface area contributed by atoms with E-state index < -0.39 is 11.7 Å². The van der Waals surface area contributed by atoms with E-state index in [1.807, 2.05) is 6.07 Å². The van der Waals surface area contributed by atoms with Crippen molar-refractivity contribution < 1.29 is 18.3 Å². The van der Waals surface area contributed by atoms with Crippen LogP contribution in [0.1, 0.15) is 5.56 Å². The molecule has 0 atom stereocenters. The van der Waals surface area contributed by atoms with Crippen molar-refractivity contribution in [3.63, 3.8) is 0 Å². The predicted octanol–water partition coefficient (Wildman–Crippen LogP) is 5.30. The Morgan fingerprint density at radius 1 is 0.857 bits per heavy atom. The molecule has 0 spiro atoms. The second-order valence-electron chi connectivity index (χ2n) is 4.22. The third-order valence-electron chi connectivity index (χ3n) is 2.60. The summed E-state index contributed by atoms with van der Waals surface area (Å²) in [5.74, 6) is 1.66. The number of benzene rings is 2. The molecule has 6 heteroatoms. The van der Waals surface area contributed by atoms with Gasteiger partial charge in [-0.25, -0.2) is 0 Å². The van der Waals surface area contributed by atoms with E-state index >= 15 is 0 Å². The number of halogens is 3. The quantitative estimate of drug-likeness (QED) is 0.594. The number of phenolic OH excluding ortho intramolecular Hbond substituents is 1. The van der Waals surface area contributed by atoms with E-state index in [9.17, 15) is 18.3 Å². The van der Waals surface area contributed by atoms with Crippen LogP contribution < -0.4 is 0 Å². The summed E-state index contributed by atoms with van der Waals surface area (Å²) >= 11 is 2.95. The van der Waals surface area contributed by atoms with Gasteiger partial charge in [-0.15, -0.1) is 23.5 Å². The first-order valence-electron chi connectivity index (χ1n) is 6.17. The monoisotopic (exact) mass is 330 g/mol. The van der Waals surface area contributed by atoms with Crippen molar-refractivity contribution in [2.45, 2.75) is 16.0 Å². The first kappa shape index (κ1) is 16.1. The van der Waals surface area contributed by atoms with Gasteiger partial charge < -0.3 is 5.11 Å². The van der Waals surface area contributed by atoms with Crippen molar-refractivity contribution >= 4 is 23.5 Å². The molecule has 0 aromatic heterocycles. The van der Waals surface area contributed by atoms with Gasteiger partial charge in [0.05, 0.1) is 5.56 Å². The highest BCUT2D eigenvalue weighted by Gasteiger charge is 2.30. The van der Waals surface area contributed by atoms with Gasteiger partial charge in [0.1, 0.15) is 5.75 Å². The molecule has 0 saturated carbocycles. The average molecular weight is 330 g/mol. The molecule has 2 aromatic carbocycles. The van der Waals surface area contributed by atoms with Crippen molar-refractivity contribution in [2.24, 2.45) is 0 Å². The molecule has 21 heavy (non-hydrogen) atoms. The van der Waals surface area contributed by atoms with Crippen molar-refractivity contribution in [1.82, 2.24) is 0 Å². The fourth-order valence-corrected chi connectivity index (χ4v) is 3.56. The lowest BCUT2D eigenvalue weighted by Gasteiger charge is -2.08. The van der Waals surface area contributed by atoms with Gasteiger partial charge >= 0.3 is 6.18 Å². The Hall–Kier alpha value is -1.27. The Kier molecular flexibility index (Phi) is 5.47. The van der Waals surface area contributed by atoms with Crippen LogP contribution in [0.4, 0.5) is 13.2 Å². The molecular weight excluding hydrogens is 317 g/mol. The fourth-order valence-electron chi connectivity index (χ4n) is 1.65. The van der Waals surface area contributed by atoms with Gasteiger partial charge in [0, 0.05) is 21.3 Å². The van der Waals surface area contributed by atoms with Crippen LogP contribution in [0, 0.1) is 0 Å². The molecule has 0 fully saturated rings. The highest BCUT2D eigenvalue weighted by Crippen LogP contribution is 2.32. The van der Waals surface area contributed by atoms with E-state index in [1.54, 1.807) is 36.0 Å². The van der Waals surface area contributed by atoms with E-state index in [2.05, 4.69) is 0 Å². The molecule has 0 aliphatic rings. The molecule has 0 unspecified atom stereocenters. The Morgan fingerprint density at radius 2 is 1.43 bits per heavy atom. The highest BCUT2D eigenvalue weighted by molar-refractivity contribution is 8.03. The number of thioether (sulfide) groups is 2. The minimum atomic E-state index is -4.30. The van der Waals surface area contributed by atoms with E-state index in [0.29, 0.717) is 10.6 Å². The van der Waals surface area contributed by atoms with Gasteiger partial charge in [-0.05, 0) is 36.4 Å². The van der Waals surface area contributed by atoms with Gasteiger partial charge in [-0.1, -0.05) is 12.1 Å². The van der Waals surface area contributed by atoms with Crippen LogP contribution in [0.15, 0.2) is 58.3 Å². The maximum Gasteiger partial charge on any atom is 0.416 e. The second-order valence-corrected chi connectivity index (χ2v) is 6.56. The van der Waals surface area contributed by atoms with Gasteiger partial charge in [-0.2, -0.15) is 13.2 Å². The molecule has 0 heterocycles. The van der Waals surface area contributed by atoms with Gasteiger partial charge in [0.25, 0.3) is 0 Å². The van der Waals surface area contributed by atoms with Crippen LogP contribution in [-0.2, 0) is 6.18 Å². The zero-order valence-corrected chi connectivity index (χ0v) is 12.6. The molecule has 2 rings (SSSR count). The topological polar surface area (TPSA) is 20.2 Å². The zero-order valence-electron chi connectivity index (χ0n) is 10.9. The highest BCUT2D eigenvalue weighted by atomic mass is 32.2. The normalized spacial score (nSPS) is 11.6. The fraction of sp³-hybridized carbons (Fsp3) is 0.200. The lowest BCUT2D eigenvalue weighted by molar-refractivity contribution is -0.137. The number of phenols is 1. The number of alkyl halides is 3. The largest absolute Gasteiger partial charge is 0.508 e. The molecule has 2 aromatic rings. The van der Waals surface area contributed by atoms with Crippen molar-refractivity contribution in [3.8, 4) is 5.75 Å². The van der Waals surface area contributed by atoms with Gasteiger partial charge in [0.15, 0.2) is 0 Å². The van der Waals surface area contributed by atoms with Crippen LogP contribution in [0.3, 0.4) is 0 Å². The maximum atomic E-state index is 12.6. The van der Waals surface area contributed by atoms with Crippen LogP contribution in [-0.4, -0.2) is 16.6 Å². The van der Waals surface area contributed by atoms with Crippen LogP contribution in [0.25, 0.3) is 0 Å². The summed E-state index contributed by atoms with van der Waals surface area (Å²) in [6.07, 6.45) is -4.30. The number of rotatable bonds is 5. The summed E-state index contributed by atoms with van der Waals surface area (Å²) in [5.41, 5.74) is -0.617. The van der Waals surface area contributed by atoms with Crippen molar-refractivity contribution in [1.29, 1.82) is 0 Å². The summed E-state index contributed by atoms with van der Waals surface area (Å²) in [5, 5.41) is 9.33. The molecular formula is C15H13F3OS2. The molecule has 0 saturated heterocycles. The zero-order chi connectivity index (χ0) is 15.3. The van der Waals surface area contributed by atoms with Crippen LogP contribution >= 0.6 is 23.5 Å². The first-order chi connectivity index (χ1) is 9.95. The predicted molar refractivity (Wildman–Crippen MR) is 81.0 cm³/mol. The third-order valence-corrected chi connectivity index (χ3v) is 4.85. The van der Waals surface area contributed by atoms with E-state index in [4.69, 9.17) is 0 Å². The Bertz CT molecular complexity index is 599. The molecule has 112 valence electrons. The van der Waals surface area contributed by atoms with E-state index in [1.165, 1.54) is 23.9 Å². The van der Waals surface area contributed by atoms with Gasteiger partial charge in [0.2, 0.25) is 0 Å². The molecule has 0 aliphatic heterocycles. The first-order valence-corrected chi connectivity index (χ1v) is 8.14. The third kappa shape index (κ3) is 5.21. The summed E-state index contributed by atoms with van der Waals surface area (Å²) in [4.78, 5) is 1.56.